The molecule has 2 aromatic carbocycles. The number of rotatable bonds is 5. The van der Waals surface area contributed by atoms with Gasteiger partial charge in [0.05, 0.1) is 11.3 Å². The topological polar surface area (TPSA) is 64.0 Å². The second kappa shape index (κ2) is 6.76. The van der Waals surface area contributed by atoms with Crippen LogP contribution in [-0.4, -0.2) is 18.0 Å². The molecule has 0 aliphatic heterocycles. The molecule has 0 saturated heterocycles. The molecule has 0 spiro atoms. The zero-order chi connectivity index (χ0) is 17.2. The van der Waals surface area contributed by atoms with Crippen molar-refractivity contribution in [2.45, 2.75) is 17.9 Å². The first-order valence-electron chi connectivity index (χ1n) is 7.32. The molecule has 0 bridgehead atoms. The number of hydrogen-bond acceptors (Lipinski definition) is 3. The first-order valence-corrected chi connectivity index (χ1v) is 9.18. The molecular formula is C17H16ClN3O2S. The summed E-state index contributed by atoms with van der Waals surface area (Å²) < 4.78 is 29.5. The lowest BCUT2D eigenvalue weighted by atomic mass is 10.1. The molecule has 1 atom stereocenters. The minimum absolute atomic E-state index is 0.0774. The fourth-order valence-electron chi connectivity index (χ4n) is 2.37. The molecule has 7 heteroatoms. The molecule has 1 heterocycles. The van der Waals surface area contributed by atoms with Crippen molar-refractivity contribution in [2.24, 2.45) is 0 Å². The molecule has 0 saturated carbocycles. The number of aromatic nitrogens is 2. The summed E-state index contributed by atoms with van der Waals surface area (Å²) in [6, 6.07) is 13.6. The molecule has 1 aromatic heterocycles. The van der Waals surface area contributed by atoms with Crippen LogP contribution in [0, 0.1) is 0 Å². The van der Waals surface area contributed by atoms with Gasteiger partial charge in [-0.15, -0.1) is 0 Å². The highest BCUT2D eigenvalue weighted by molar-refractivity contribution is 7.89. The van der Waals surface area contributed by atoms with Gasteiger partial charge in [0.2, 0.25) is 10.0 Å². The Bertz CT molecular complexity index is 923. The molecule has 124 valence electrons. The molecular weight excluding hydrogens is 346 g/mol. The van der Waals surface area contributed by atoms with Crippen molar-refractivity contribution >= 4 is 21.6 Å². The highest BCUT2D eigenvalue weighted by Gasteiger charge is 2.20. The van der Waals surface area contributed by atoms with Crippen LogP contribution in [0.15, 0.2) is 72.1 Å². The standard InChI is InChI=1S/C17H16ClN3O2S/c1-13(20-24(22,23)17-5-3-2-4-16(17)18)14-6-8-15(9-7-14)21-11-10-19-12-21/h2-13,20H,1H3/t13-/m1/s1. The van der Waals surface area contributed by atoms with Gasteiger partial charge in [0, 0.05) is 24.1 Å². The molecule has 3 aromatic rings. The second-order valence-corrected chi connectivity index (χ2v) is 7.42. The van der Waals surface area contributed by atoms with Crippen LogP contribution >= 0.6 is 11.6 Å². The van der Waals surface area contributed by atoms with E-state index in [0.29, 0.717) is 0 Å². The maximum absolute atomic E-state index is 12.5. The minimum Gasteiger partial charge on any atom is -0.306 e. The number of nitrogens with zero attached hydrogens (tertiary/aromatic N) is 2. The van der Waals surface area contributed by atoms with E-state index in [2.05, 4.69) is 9.71 Å². The van der Waals surface area contributed by atoms with E-state index in [0.717, 1.165) is 11.3 Å². The number of sulfonamides is 1. The lowest BCUT2D eigenvalue weighted by Gasteiger charge is -2.16. The maximum Gasteiger partial charge on any atom is 0.242 e. The van der Waals surface area contributed by atoms with E-state index >= 15 is 0 Å². The average molecular weight is 362 g/mol. The molecule has 0 fully saturated rings. The molecule has 0 unspecified atom stereocenters. The van der Waals surface area contributed by atoms with Gasteiger partial charge in [-0.05, 0) is 36.8 Å². The van der Waals surface area contributed by atoms with E-state index in [4.69, 9.17) is 11.6 Å². The van der Waals surface area contributed by atoms with Crippen molar-refractivity contribution in [1.29, 1.82) is 0 Å². The Hall–Kier alpha value is -2.15. The minimum atomic E-state index is -3.69. The smallest absolute Gasteiger partial charge is 0.242 e. The molecule has 0 radical (unpaired) electrons. The van der Waals surface area contributed by atoms with Crippen molar-refractivity contribution in [3.63, 3.8) is 0 Å². The molecule has 5 nitrogen and oxygen atoms in total. The third kappa shape index (κ3) is 3.51. The van der Waals surface area contributed by atoms with Crippen LogP contribution in [0.4, 0.5) is 0 Å². The first-order chi connectivity index (χ1) is 11.5. The monoisotopic (exact) mass is 361 g/mol. The third-order valence-corrected chi connectivity index (χ3v) is 5.69. The summed E-state index contributed by atoms with van der Waals surface area (Å²) in [6.07, 6.45) is 5.26. The number of halogens is 1. The van der Waals surface area contributed by atoms with Gasteiger partial charge in [0.25, 0.3) is 0 Å². The van der Waals surface area contributed by atoms with Crippen LogP contribution in [0.2, 0.25) is 5.02 Å². The summed E-state index contributed by atoms with van der Waals surface area (Å²) in [4.78, 5) is 4.08. The lowest BCUT2D eigenvalue weighted by molar-refractivity contribution is 0.567. The molecule has 3 rings (SSSR count). The summed E-state index contributed by atoms with van der Waals surface area (Å²) in [7, 11) is -3.69. The van der Waals surface area contributed by atoms with Crippen LogP contribution < -0.4 is 4.72 Å². The Kier molecular flexibility index (Phi) is 4.71. The van der Waals surface area contributed by atoms with Gasteiger partial charge < -0.3 is 4.57 Å². The van der Waals surface area contributed by atoms with E-state index in [1.807, 2.05) is 35.0 Å². The normalized spacial score (nSPS) is 12.9. The number of benzene rings is 2. The van der Waals surface area contributed by atoms with Crippen molar-refractivity contribution in [1.82, 2.24) is 14.3 Å². The van der Waals surface area contributed by atoms with Crippen molar-refractivity contribution in [2.75, 3.05) is 0 Å². The van der Waals surface area contributed by atoms with Crippen LogP contribution in [-0.2, 0) is 10.0 Å². The van der Waals surface area contributed by atoms with E-state index in [1.54, 1.807) is 37.6 Å². The van der Waals surface area contributed by atoms with Crippen molar-refractivity contribution in [3.8, 4) is 5.69 Å². The van der Waals surface area contributed by atoms with E-state index in [9.17, 15) is 8.42 Å². The van der Waals surface area contributed by atoms with Crippen molar-refractivity contribution in [3.05, 3.63) is 77.8 Å². The quantitative estimate of drug-likeness (QED) is 0.755. The third-order valence-electron chi connectivity index (χ3n) is 3.65. The highest BCUT2D eigenvalue weighted by Crippen LogP contribution is 2.23. The summed E-state index contributed by atoms with van der Waals surface area (Å²) in [5.74, 6) is 0. The molecule has 0 aliphatic rings. The van der Waals surface area contributed by atoms with Crippen LogP contribution in [0.3, 0.4) is 0 Å². The Morgan fingerprint density at radius 3 is 2.46 bits per heavy atom. The van der Waals surface area contributed by atoms with Gasteiger partial charge in [-0.3, -0.25) is 0 Å². The summed E-state index contributed by atoms with van der Waals surface area (Å²) in [5, 5.41) is 0.202. The highest BCUT2D eigenvalue weighted by atomic mass is 35.5. The Labute approximate surface area is 146 Å². The fraction of sp³-hybridized carbons (Fsp3) is 0.118. The van der Waals surface area contributed by atoms with Crippen LogP contribution in [0.1, 0.15) is 18.5 Å². The zero-order valence-electron chi connectivity index (χ0n) is 12.9. The Balaban J connectivity index is 1.80. The first kappa shape index (κ1) is 16.7. The van der Waals surface area contributed by atoms with Gasteiger partial charge in [0.1, 0.15) is 4.90 Å². The van der Waals surface area contributed by atoms with Gasteiger partial charge in [-0.25, -0.2) is 18.1 Å². The van der Waals surface area contributed by atoms with Gasteiger partial charge in [-0.2, -0.15) is 0 Å². The molecule has 1 N–H and O–H groups in total. The summed E-state index contributed by atoms with van der Waals surface area (Å²) in [6.45, 7) is 1.79. The van der Waals surface area contributed by atoms with Crippen molar-refractivity contribution < 1.29 is 8.42 Å². The summed E-state index contributed by atoms with van der Waals surface area (Å²) in [5.41, 5.74) is 1.81. The zero-order valence-corrected chi connectivity index (χ0v) is 14.5. The van der Waals surface area contributed by atoms with Gasteiger partial charge in [-0.1, -0.05) is 35.9 Å². The molecule has 0 amide bonds. The van der Waals surface area contributed by atoms with Crippen LogP contribution in [0.25, 0.3) is 5.69 Å². The van der Waals surface area contributed by atoms with E-state index in [-0.39, 0.29) is 16.0 Å². The number of hydrogen-bond donors (Lipinski definition) is 1. The van der Waals surface area contributed by atoms with Crippen LogP contribution in [0.5, 0.6) is 0 Å². The lowest BCUT2D eigenvalue weighted by Crippen LogP contribution is -2.27. The summed E-state index contributed by atoms with van der Waals surface area (Å²) >= 11 is 5.99. The van der Waals surface area contributed by atoms with E-state index in [1.165, 1.54) is 6.07 Å². The largest absolute Gasteiger partial charge is 0.306 e. The fourth-order valence-corrected chi connectivity index (χ4v) is 4.13. The molecule has 0 aliphatic carbocycles. The predicted molar refractivity (Wildman–Crippen MR) is 93.8 cm³/mol. The SMILES string of the molecule is C[C@@H](NS(=O)(=O)c1ccccc1Cl)c1ccc(-n2ccnc2)cc1. The van der Waals surface area contributed by atoms with E-state index < -0.39 is 10.0 Å². The van der Waals surface area contributed by atoms with Gasteiger partial charge >= 0.3 is 0 Å². The number of imidazole rings is 1. The van der Waals surface area contributed by atoms with Gasteiger partial charge in [0.15, 0.2) is 0 Å². The second-order valence-electron chi connectivity index (χ2n) is 5.33. The number of nitrogens with one attached hydrogen (secondary N) is 1. The maximum atomic E-state index is 12.5. The predicted octanol–water partition coefficient (Wildman–Crippen LogP) is 3.57. The average Bonchev–Trinajstić information content (AvgIpc) is 3.09. The Morgan fingerprint density at radius 2 is 1.83 bits per heavy atom. The Morgan fingerprint density at radius 1 is 1.12 bits per heavy atom. The molecule has 24 heavy (non-hydrogen) atoms.